The summed E-state index contributed by atoms with van der Waals surface area (Å²) >= 11 is 0. The van der Waals surface area contributed by atoms with Crippen LogP contribution in [0, 0.1) is 6.92 Å². The maximum atomic E-state index is 12.3. The first-order chi connectivity index (χ1) is 10.0. The van der Waals surface area contributed by atoms with E-state index in [4.69, 9.17) is 10.2 Å². The molecule has 0 radical (unpaired) electrons. The molecule has 1 atom stereocenters. The number of nitrogens with zero attached hydrogens (tertiary/aromatic N) is 1. The van der Waals surface area contributed by atoms with Crippen LogP contribution in [0.3, 0.4) is 0 Å². The number of rotatable bonds is 5. The zero-order valence-corrected chi connectivity index (χ0v) is 12.1. The van der Waals surface area contributed by atoms with Crippen LogP contribution in [0.1, 0.15) is 41.9 Å². The van der Waals surface area contributed by atoms with E-state index in [0.717, 1.165) is 19.3 Å². The third-order valence-corrected chi connectivity index (χ3v) is 3.74. The Morgan fingerprint density at radius 1 is 1.52 bits per heavy atom. The van der Waals surface area contributed by atoms with Crippen molar-refractivity contribution in [2.75, 3.05) is 18.5 Å². The van der Waals surface area contributed by atoms with Gasteiger partial charge in [0.05, 0.1) is 5.69 Å². The number of aliphatic hydroxyl groups excluding tert-OH is 1. The number of urea groups is 1. The summed E-state index contributed by atoms with van der Waals surface area (Å²) in [5, 5.41) is 20.7. The molecule has 0 spiro atoms. The smallest absolute Gasteiger partial charge is 0.354 e. The van der Waals surface area contributed by atoms with Crippen molar-refractivity contribution in [2.45, 2.75) is 38.6 Å². The van der Waals surface area contributed by atoms with E-state index in [2.05, 4.69) is 10.3 Å². The number of likely N-dealkylation sites (tertiary alicyclic amines) is 1. The molecule has 1 aliphatic heterocycles. The van der Waals surface area contributed by atoms with Crippen molar-refractivity contribution < 1.29 is 19.8 Å². The molecule has 0 bridgehead atoms. The second-order valence-electron chi connectivity index (χ2n) is 5.33. The van der Waals surface area contributed by atoms with Gasteiger partial charge in [0.25, 0.3) is 0 Å². The van der Waals surface area contributed by atoms with Crippen LogP contribution in [0.15, 0.2) is 6.07 Å². The molecule has 2 heterocycles. The molecule has 2 amide bonds. The van der Waals surface area contributed by atoms with Crippen molar-refractivity contribution in [3.63, 3.8) is 0 Å². The fraction of sp³-hybridized carbons (Fsp3) is 0.571. The SMILES string of the molecule is Cc1cc(NC(=O)N2CCCC2CCCO)c(C(=O)O)[nH]1. The van der Waals surface area contributed by atoms with E-state index in [0.29, 0.717) is 18.7 Å². The fourth-order valence-corrected chi connectivity index (χ4v) is 2.77. The first-order valence-electron chi connectivity index (χ1n) is 7.14. The van der Waals surface area contributed by atoms with E-state index >= 15 is 0 Å². The average molecular weight is 295 g/mol. The molecule has 0 aliphatic carbocycles. The van der Waals surface area contributed by atoms with Gasteiger partial charge >= 0.3 is 12.0 Å². The molecule has 1 fully saturated rings. The van der Waals surface area contributed by atoms with Crippen LogP contribution in [-0.2, 0) is 0 Å². The van der Waals surface area contributed by atoms with Gasteiger partial charge in [0.15, 0.2) is 0 Å². The normalized spacial score (nSPS) is 18.0. The molecule has 1 aromatic rings. The van der Waals surface area contributed by atoms with Gasteiger partial charge in [-0.15, -0.1) is 0 Å². The van der Waals surface area contributed by atoms with Gasteiger partial charge in [0.2, 0.25) is 0 Å². The van der Waals surface area contributed by atoms with Crippen LogP contribution in [-0.4, -0.2) is 51.3 Å². The molecule has 7 heteroatoms. The Bertz CT molecular complexity index is 526. The highest BCUT2D eigenvalue weighted by Crippen LogP contribution is 2.24. The Balaban J connectivity index is 2.05. The van der Waals surface area contributed by atoms with E-state index in [-0.39, 0.29) is 30.1 Å². The largest absolute Gasteiger partial charge is 0.477 e. The van der Waals surface area contributed by atoms with Crippen LogP contribution >= 0.6 is 0 Å². The Hall–Kier alpha value is -2.02. The molecule has 4 N–H and O–H groups in total. The number of aliphatic hydroxyl groups is 1. The van der Waals surface area contributed by atoms with Crippen LogP contribution in [0.5, 0.6) is 0 Å². The summed E-state index contributed by atoms with van der Waals surface area (Å²) < 4.78 is 0. The molecular weight excluding hydrogens is 274 g/mol. The molecule has 0 aromatic carbocycles. The number of aryl methyl sites for hydroxylation is 1. The third kappa shape index (κ3) is 3.55. The van der Waals surface area contributed by atoms with Gasteiger partial charge in [-0.05, 0) is 38.7 Å². The number of aromatic nitrogens is 1. The summed E-state index contributed by atoms with van der Waals surface area (Å²) in [5.74, 6) is -1.10. The van der Waals surface area contributed by atoms with Gasteiger partial charge in [0, 0.05) is 24.9 Å². The van der Waals surface area contributed by atoms with Crippen molar-refractivity contribution in [1.82, 2.24) is 9.88 Å². The van der Waals surface area contributed by atoms with Gasteiger partial charge in [-0.2, -0.15) is 0 Å². The predicted octanol–water partition coefficient (Wildman–Crippen LogP) is 1.79. The number of hydrogen-bond acceptors (Lipinski definition) is 3. The Morgan fingerprint density at radius 2 is 2.29 bits per heavy atom. The summed E-state index contributed by atoms with van der Waals surface area (Å²) in [6, 6.07) is 1.45. The number of carbonyl (C=O) groups is 2. The lowest BCUT2D eigenvalue weighted by molar-refractivity contribution is 0.0692. The molecule has 116 valence electrons. The van der Waals surface area contributed by atoms with Gasteiger partial charge in [-0.1, -0.05) is 0 Å². The number of amides is 2. The van der Waals surface area contributed by atoms with E-state index in [9.17, 15) is 9.59 Å². The zero-order chi connectivity index (χ0) is 15.4. The number of carboxylic acid groups (broad SMARTS) is 1. The molecule has 2 rings (SSSR count). The number of anilines is 1. The Kier molecular flexibility index (Phi) is 4.85. The minimum Gasteiger partial charge on any atom is -0.477 e. The molecule has 1 unspecified atom stereocenters. The Labute approximate surface area is 123 Å². The van der Waals surface area contributed by atoms with Crippen molar-refractivity contribution in [3.05, 3.63) is 17.5 Å². The number of nitrogens with one attached hydrogen (secondary N) is 2. The molecule has 0 saturated carbocycles. The summed E-state index contributed by atoms with van der Waals surface area (Å²) in [5.41, 5.74) is 0.964. The highest BCUT2D eigenvalue weighted by atomic mass is 16.4. The average Bonchev–Trinajstić information content (AvgIpc) is 3.02. The maximum absolute atomic E-state index is 12.3. The number of aromatic carboxylic acids is 1. The highest BCUT2D eigenvalue weighted by Gasteiger charge is 2.29. The number of H-pyrrole nitrogens is 1. The van der Waals surface area contributed by atoms with E-state index in [1.165, 1.54) is 0 Å². The summed E-state index contributed by atoms with van der Waals surface area (Å²) in [4.78, 5) is 27.9. The summed E-state index contributed by atoms with van der Waals surface area (Å²) in [6.45, 7) is 2.52. The highest BCUT2D eigenvalue weighted by molar-refractivity contribution is 5.99. The van der Waals surface area contributed by atoms with Gasteiger partial charge in [0.1, 0.15) is 5.69 Å². The fourth-order valence-electron chi connectivity index (χ4n) is 2.77. The lowest BCUT2D eigenvalue weighted by atomic mass is 10.1. The van der Waals surface area contributed by atoms with Gasteiger partial charge in [-0.25, -0.2) is 9.59 Å². The summed E-state index contributed by atoms with van der Waals surface area (Å²) in [7, 11) is 0. The number of hydrogen-bond donors (Lipinski definition) is 4. The molecule has 1 aromatic heterocycles. The third-order valence-electron chi connectivity index (χ3n) is 3.74. The van der Waals surface area contributed by atoms with Gasteiger partial charge in [-0.3, -0.25) is 0 Å². The van der Waals surface area contributed by atoms with Crippen LogP contribution in [0.25, 0.3) is 0 Å². The maximum Gasteiger partial charge on any atom is 0.354 e. The number of carboxylic acids is 1. The first kappa shape index (κ1) is 15.4. The first-order valence-corrected chi connectivity index (χ1v) is 7.14. The van der Waals surface area contributed by atoms with Crippen LogP contribution in [0.2, 0.25) is 0 Å². The van der Waals surface area contributed by atoms with Gasteiger partial charge < -0.3 is 25.4 Å². The second kappa shape index (κ2) is 6.62. The predicted molar refractivity (Wildman–Crippen MR) is 77.6 cm³/mol. The summed E-state index contributed by atoms with van der Waals surface area (Å²) in [6.07, 6.45) is 3.28. The minimum absolute atomic E-state index is 0.00745. The van der Waals surface area contributed by atoms with E-state index in [1.54, 1.807) is 17.9 Å². The van der Waals surface area contributed by atoms with Crippen molar-refractivity contribution >= 4 is 17.7 Å². The van der Waals surface area contributed by atoms with E-state index in [1.807, 2.05) is 0 Å². The Morgan fingerprint density at radius 3 is 2.95 bits per heavy atom. The number of carbonyl (C=O) groups excluding carboxylic acids is 1. The van der Waals surface area contributed by atoms with Crippen LogP contribution < -0.4 is 5.32 Å². The van der Waals surface area contributed by atoms with Crippen LogP contribution in [0.4, 0.5) is 10.5 Å². The topological polar surface area (TPSA) is 106 Å². The molecular formula is C14H21N3O4. The molecule has 7 nitrogen and oxygen atoms in total. The molecule has 1 aliphatic rings. The lowest BCUT2D eigenvalue weighted by Crippen LogP contribution is -2.39. The van der Waals surface area contributed by atoms with E-state index < -0.39 is 5.97 Å². The second-order valence-corrected chi connectivity index (χ2v) is 5.33. The standard InChI is InChI=1S/C14H21N3O4/c1-9-8-11(12(15-9)13(19)20)16-14(21)17-6-2-4-10(17)5-3-7-18/h8,10,15,18H,2-7H2,1H3,(H,16,21)(H,19,20). The quantitative estimate of drug-likeness (QED) is 0.664. The minimum atomic E-state index is -1.10. The molecule has 1 saturated heterocycles. The zero-order valence-electron chi connectivity index (χ0n) is 12.1. The van der Waals surface area contributed by atoms with Crippen molar-refractivity contribution in [1.29, 1.82) is 0 Å². The molecule has 21 heavy (non-hydrogen) atoms. The lowest BCUT2D eigenvalue weighted by Gasteiger charge is -2.24. The number of aromatic amines is 1. The van der Waals surface area contributed by atoms with Crippen molar-refractivity contribution in [2.24, 2.45) is 0 Å². The monoisotopic (exact) mass is 295 g/mol. The van der Waals surface area contributed by atoms with Crippen molar-refractivity contribution in [3.8, 4) is 0 Å².